The van der Waals surface area contributed by atoms with E-state index in [9.17, 15) is 8.42 Å². The van der Waals surface area contributed by atoms with Crippen LogP contribution in [0.15, 0.2) is 4.90 Å². The summed E-state index contributed by atoms with van der Waals surface area (Å²) in [7, 11) is -3.51. The summed E-state index contributed by atoms with van der Waals surface area (Å²) in [6.07, 6.45) is 1.61. The van der Waals surface area contributed by atoms with E-state index in [0.29, 0.717) is 17.9 Å². The average molecular weight is 244 g/mol. The number of aromatic nitrogens is 2. The molecule has 1 aromatic rings. The third-order valence-electron chi connectivity index (χ3n) is 2.92. The summed E-state index contributed by atoms with van der Waals surface area (Å²) in [6.45, 7) is 3.69. The van der Waals surface area contributed by atoms with Gasteiger partial charge in [0.1, 0.15) is 4.90 Å². The predicted molar refractivity (Wildman–Crippen MR) is 59.4 cm³/mol. The van der Waals surface area contributed by atoms with Crippen LogP contribution in [0.2, 0.25) is 0 Å². The zero-order valence-corrected chi connectivity index (χ0v) is 10.2. The van der Waals surface area contributed by atoms with E-state index in [1.165, 1.54) is 0 Å². The first kappa shape index (κ1) is 11.6. The summed E-state index contributed by atoms with van der Waals surface area (Å²) in [5.41, 5.74) is 6.17. The Hall–Kier alpha value is -0.920. The number of hydrogen-bond donors (Lipinski definition) is 3. The van der Waals surface area contributed by atoms with Gasteiger partial charge in [-0.3, -0.25) is 5.10 Å². The lowest BCUT2D eigenvalue weighted by Gasteiger charge is -2.15. The van der Waals surface area contributed by atoms with Gasteiger partial charge in [-0.25, -0.2) is 13.1 Å². The monoisotopic (exact) mass is 244 g/mol. The van der Waals surface area contributed by atoms with Crippen molar-refractivity contribution in [3.63, 3.8) is 0 Å². The molecule has 6 nitrogen and oxygen atoms in total. The molecule has 0 unspecified atom stereocenters. The molecule has 2 rings (SSSR count). The fourth-order valence-corrected chi connectivity index (χ4v) is 3.61. The molecule has 1 aromatic heterocycles. The molecule has 0 aliphatic heterocycles. The lowest BCUT2D eigenvalue weighted by Crippen LogP contribution is -2.42. The SMILES string of the molecule is Cc1n[nH]c(C)c1S(=O)(=O)NC1(CN)CC1. The number of nitrogens with zero attached hydrogens (tertiary/aromatic N) is 1. The van der Waals surface area contributed by atoms with Gasteiger partial charge in [0, 0.05) is 12.1 Å². The summed E-state index contributed by atoms with van der Waals surface area (Å²) >= 11 is 0. The zero-order chi connectivity index (χ0) is 12.0. The minimum atomic E-state index is -3.51. The molecule has 1 heterocycles. The first-order valence-electron chi connectivity index (χ1n) is 5.16. The number of nitrogens with two attached hydrogens (primary N) is 1. The summed E-state index contributed by atoms with van der Waals surface area (Å²) in [6, 6.07) is 0. The Kier molecular flexibility index (Phi) is 2.56. The van der Waals surface area contributed by atoms with Crippen LogP contribution in [0, 0.1) is 13.8 Å². The van der Waals surface area contributed by atoms with E-state index in [1.807, 2.05) is 0 Å². The summed E-state index contributed by atoms with van der Waals surface area (Å²) < 4.78 is 26.9. The maximum absolute atomic E-state index is 12.1. The van der Waals surface area contributed by atoms with Crippen molar-refractivity contribution in [3.8, 4) is 0 Å². The standard InChI is InChI=1S/C9H16N4O2S/c1-6-8(7(2)12-11-6)16(14,15)13-9(5-10)3-4-9/h13H,3-5,10H2,1-2H3,(H,11,12). The Bertz CT molecular complexity index is 482. The van der Waals surface area contributed by atoms with Crippen LogP contribution in [0.3, 0.4) is 0 Å². The van der Waals surface area contributed by atoms with Gasteiger partial charge in [-0.15, -0.1) is 0 Å². The number of hydrogen-bond acceptors (Lipinski definition) is 4. The second kappa shape index (κ2) is 3.54. The highest BCUT2D eigenvalue weighted by molar-refractivity contribution is 7.89. The van der Waals surface area contributed by atoms with Crippen LogP contribution >= 0.6 is 0 Å². The van der Waals surface area contributed by atoms with E-state index in [0.717, 1.165) is 12.8 Å². The topological polar surface area (TPSA) is 101 Å². The van der Waals surface area contributed by atoms with E-state index in [-0.39, 0.29) is 4.90 Å². The molecule has 1 aliphatic rings. The molecule has 0 atom stereocenters. The fourth-order valence-electron chi connectivity index (χ4n) is 1.77. The Labute approximate surface area is 94.7 Å². The molecular weight excluding hydrogens is 228 g/mol. The van der Waals surface area contributed by atoms with Crippen molar-refractivity contribution in [3.05, 3.63) is 11.4 Å². The quantitative estimate of drug-likeness (QED) is 0.682. The van der Waals surface area contributed by atoms with Crippen molar-refractivity contribution in [1.29, 1.82) is 0 Å². The van der Waals surface area contributed by atoms with Gasteiger partial charge < -0.3 is 5.73 Å². The van der Waals surface area contributed by atoms with Crippen LogP contribution in [0.1, 0.15) is 24.2 Å². The molecule has 0 radical (unpaired) electrons. The number of aromatic amines is 1. The molecule has 0 saturated heterocycles. The van der Waals surface area contributed by atoms with Gasteiger partial charge >= 0.3 is 0 Å². The van der Waals surface area contributed by atoms with Gasteiger partial charge in [-0.2, -0.15) is 5.10 Å². The summed E-state index contributed by atoms with van der Waals surface area (Å²) in [4.78, 5) is 0.243. The highest BCUT2D eigenvalue weighted by Gasteiger charge is 2.45. The normalized spacial score (nSPS) is 18.7. The van der Waals surface area contributed by atoms with Crippen molar-refractivity contribution in [1.82, 2.24) is 14.9 Å². The highest BCUT2D eigenvalue weighted by atomic mass is 32.2. The Morgan fingerprint density at radius 3 is 2.50 bits per heavy atom. The minimum absolute atomic E-state index is 0.243. The number of nitrogens with one attached hydrogen (secondary N) is 2. The van der Waals surface area contributed by atoms with Gasteiger partial charge in [-0.1, -0.05) is 0 Å². The highest BCUT2D eigenvalue weighted by Crippen LogP contribution is 2.36. The Morgan fingerprint density at radius 1 is 1.50 bits per heavy atom. The maximum atomic E-state index is 12.1. The van der Waals surface area contributed by atoms with E-state index < -0.39 is 15.6 Å². The second-order valence-electron chi connectivity index (χ2n) is 4.35. The molecule has 1 saturated carbocycles. The van der Waals surface area contributed by atoms with Gasteiger partial charge in [0.15, 0.2) is 0 Å². The largest absolute Gasteiger partial charge is 0.329 e. The van der Waals surface area contributed by atoms with E-state index >= 15 is 0 Å². The third kappa shape index (κ3) is 1.85. The van der Waals surface area contributed by atoms with Crippen molar-refractivity contribution in [2.75, 3.05) is 6.54 Å². The predicted octanol–water partition coefficient (Wildman–Crippen LogP) is -0.204. The molecule has 0 amide bonds. The molecule has 4 N–H and O–H groups in total. The molecule has 90 valence electrons. The van der Waals surface area contributed by atoms with E-state index in [1.54, 1.807) is 13.8 Å². The van der Waals surface area contributed by atoms with Crippen molar-refractivity contribution < 1.29 is 8.42 Å². The lowest BCUT2D eigenvalue weighted by atomic mass is 10.3. The minimum Gasteiger partial charge on any atom is -0.329 e. The molecule has 0 aromatic carbocycles. The van der Waals surface area contributed by atoms with Gasteiger partial charge in [0.25, 0.3) is 0 Å². The number of rotatable bonds is 4. The van der Waals surface area contributed by atoms with Crippen molar-refractivity contribution in [2.45, 2.75) is 37.1 Å². The Balaban J connectivity index is 2.33. The zero-order valence-electron chi connectivity index (χ0n) is 9.37. The summed E-state index contributed by atoms with van der Waals surface area (Å²) in [5, 5.41) is 6.55. The molecule has 1 aliphatic carbocycles. The third-order valence-corrected chi connectivity index (χ3v) is 4.77. The smallest absolute Gasteiger partial charge is 0.244 e. The number of H-pyrrole nitrogens is 1. The van der Waals surface area contributed by atoms with E-state index in [2.05, 4.69) is 14.9 Å². The van der Waals surface area contributed by atoms with Crippen LogP contribution in [-0.2, 0) is 10.0 Å². The van der Waals surface area contributed by atoms with Crippen LogP contribution in [-0.4, -0.2) is 30.7 Å². The van der Waals surface area contributed by atoms with Crippen molar-refractivity contribution >= 4 is 10.0 Å². The molecule has 16 heavy (non-hydrogen) atoms. The molecule has 1 fully saturated rings. The first-order valence-corrected chi connectivity index (χ1v) is 6.64. The first-order chi connectivity index (χ1) is 7.40. The average Bonchev–Trinajstić information content (AvgIpc) is 2.86. The molecule has 0 bridgehead atoms. The van der Waals surface area contributed by atoms with Crippen LogP contribution in [0.5, 0.6) is 0 Å². The van der Waals surface area contributed by atoms with Crippen LogP contribution in [0.25, 0.3) is 0 Å². The van der Waals surface area contributed by atoms with Gasteiger partial charge in [0.05, 0.1) is 11.4 Å². The number of aryl methyl sites for hydroxylation is 2. The van der Waals surface area contributed by atoms with Crippen LogP contribution in [0.4, 0.5) is 0 Å². The van der Waals surface area contributed by atoms with Gasteiger partial charge in [0.2, 0.25) is 10.0 Å². The van der Waals surface area contributed by atoms with Crippen LogP contribution < -0.4 is 10.5 Å². The summed E-state index contributed by atoms with van der Waals surface area (Å²) in [5.74, 6) is 0. The lowest BCUT2D eigenvalue weighted by molar-refractivity contribution is 0.544. The van der Waals surface area contributed by atoms with Gasteiger partial charge in [-0.05, 0) is 26.7 Å². The fraction of sp³-hybridized carbons (Fsp3) is 0.667. The second-order valence-corrected chi connectivity index (χ2v) is 5.97. The maximum Gasteiger partial charge on any atom is 0.244 e. The van der Waals surface area contributed by atoms with E-state index in [4.69, 9.17) is 5.73 Å². The number of sulfonamides is 1. The Morgan fingerprint density at radius 2 is 2.12 bits per heavy atom. The van der Waals surface area contributed by atoms with Crippen molar-refractivity contribution in [2.24, 2.45) is 5.73 Å². The molecule has 7 heteroatoms. The molecular formula is C9H16N4O2S. The molecule has 0 spiro atoms.